The van der Waals surface area contributed by atoms with E-state index in [9.17, 15) is 8.42 Å². The van der Waals surface area contributed by atoms with Crippen LogP contribution in [0.25, 0.3) is 0 Å². The standard InChI is InChI=1S/C16H17N3O2S2/c17-12-13-11-15(23(18,20)21)7-8-16(13)19-9-4-10-22-14-5-2-1-3-6-14/h1-3,5-8,11,19H,4,9-10H2,(H2,18,20,21). The van der Waals surface area contributed by atoms with Crippen molar-refractivity contribution in [3.63, 3.8) is 0 Å². The van der Waals surface area contributed by atoms with Crippen molar-refractivity contribution >= 4 is 27.5 Å². The molecule has 23 heavy (non-hydrogen) atoms. The van der Waals surface area contributed by atoms with E-state index in [4.69, 9.17) is 10.4 Å². The van der Waals surface area contributed by atoms with E-state index < -0.39 is 10.0 Å². The van der Waals surface area contributed by atoms with Gasteiger partial charge in [-0.1, -0.05) is 18.2 Å². The highest BCUT2D eigenvalue weighted by Gasteiger charge is 2.11. The average molecular weight is 347 g/mol. The molecule has 0 saturated heterocycles. The van der Waals surface area contributed by atoms with E-state index in [1.165, 1.54) is 17.0 Å². The van der Waals surface area contributed by atoms with E-state index in [1.54, 1.807) is 17.8 Å². The molecule has 0 fully saturated rings. The molecule has 0 aliphatic carbocycles. The van der Waals surface area contributed by atoms with Crippen molar-refractivity contribution in [3.8, 4) is 6.07 Å². The second-order valence-corrected chi connectivity index (χ2v) is 7.54. The first kappa shape index (κ1) is 17.3. The molecular weight excluding hydrogens is 330 g/mol. The van der Waals surface area contributed by atoms with Gasteiger partial charge in [0.1, 0.15) is 6.07 Å². The summed E-state index contributed by atoms with van der Waals surface area (Å²) in [7, 11) is -3.79. The van der Waals surface area contributed by atoms with Crippen molar-refractivity contribution in [2.24, 2.45) is 5.14 Å². The zero-order valence-corrected chi connectivity index (χ0v) is 14.0. The number of hydrogen-bond donors (Lipinski definition) is 2. The lowest BCUT2D eigenvalue weighted by atomic mass is 10.2. The van der Waals surface area contributed by atoms with Crippen LogP contribution in [0.1, 0.15) is 12.0 Å². The Morgan fingerprint density at radius 1 is 1.17 bits per heavy atom. The van der Waals surface area contributed by atoms with Gasteiger partial charge in [-0.3, -0.25) is 0 Å². The second-order valence-electron chi connectivity index (χ2n) is 4.81. The molecule has 0 saturated carbocycles. The zero-order valence-electron chi connectivity index (χ0n) is 12.4. The van der Waals surface area contributed by atoms with Crippen molar-refractivity contribution in [1.29, 1.82) is 5.26 Å². The molecule has 3 N–H and O–H groups in total. The number of primary sulfonamides is 1. The average Bonchev–Trinajstić information content (AvgIpc) is 2.54. The van der Waals surface area contributed by atoms with Crippen LogP contribution in [0.3, 0.4) is 0 Å². The number of rotatable bonds is 7. The van der Waals surface area contributed by atoms with E-state index in [2.05, 4.69) is 17.4 Å². The Morgan fingerprint density at radius 2 is 1.91 bits per heavy atom. The van der Waals surface area contributed by atoms with E-state index >= 15 is 0 Å². The Morgan fingerprint density at radius 3 is 2.57 bits per heavy atom. The maximum absolute atomic E-state index is 11.3. The van der Waals surface area contributed by atoms with Crippen LogP contribution >= 0.6 is 11.8 Å². The summed E-state index contributed by atoms with van der Waals surface area (Å²) >= 11 is 1.77. The lowest BCUT2D eigenvalue weighted by molar-refractivity contribution is 0.598. The molecule has 0 atom stereocenters. The number of anilines is 1. The maximum Gasteiger partial charge on any atom is 0.238 e. The van der Waals surface area contributed by atoms with Crippen LogP contribution in [-0.2, 0) is 10.0 Å². The first-order chi connectivity index (χ1) is 11.0. The summed E-state index contributed by atoms with van der Waals surface area (Å²) < 4.78 is 22.6. The van der Waals surface area contributed by atoms with Crippen LogP contribution in [0.5, 0.6) is 0 Å². The Bertz CT molecular complexity index is 800. The number of nitrogens with one attached hydrogen (secondary N) is 1. The fourth-order valence-corrected chi connectivity index (χ4v) is 3.36. The fourth-order valence-electron chi connectivity index (χ4n) is 1.95. The molecular formula is C16H17N3O2S2. The molecule has 0 radical (unpaired) electrons. The molecule has 5 nitrogen and oxygen atoms in total. The van der Waals surface area contributed by atoms with E-state index in [0.29, 0.717) is 12.2 Å². The summed E-state index contributed by atoms with van der Waals surface area (Å²) in [6.45, 7) is 0.698. The first-order valence-electron chi connectivity index (χ1n) is 6.99. The molecule has 0 aliphatic rings. The third-order valence-corrected chi connectivity index (χ3v) is 5.10. The molecule has 7 heteroatoms. The normalized spacial score (nSPS) is 11.0. The van der Waals surface area contributed by atoms with Gasteiger partial charge in [0.25, 0.3) is 0 Å². The Balaban J connectivity index is 1.87. The zero-order chi connectivity index (χ0) is 16.7. The van der Waals surface area contributed by atoms with Gasteiger partial charge in [0.15, 0.2) is 0 Å². The topological polar surface area (TPSA) is 96.0 Å². The summed E-state index contributed by atoms with van der Waals surface area (Å²) in [5.41, 5.74) is 0.886. The number of nitrogens with two attached hydrogens (primary N) is 1. The van der Waals surface area contributed by atoms with Crippen LogP contribution in [-0.4, -0.2) is 20.7 Å². The molecule has 0 bridgehead atoms. The van der Waals surface area contributed by atoms with Gasteiger partial charge in [0.2, 0.25) is 10.0 Å². The van der Waals surface area contributed by atoms with Crippen molar-refractivity contribution in [1.82, 2.24) is 0 Å². The summed E-state index contributed by atoms with van der Waals surface area (Å²) in [5, 5.41) is 17.4. The van der Waals surface area contributed by atoms with E-state index in [0.717, 1.165) is 12.2 Å². The third kappa shape index (κ3) is 5.28. The molecule has 0 heterocycles. The van der Waals surface area contributed by atoms with Crippen LogP contribution < -0.4 is 10.5 Å². The van der Waals surface area contributed by atoms with Gasteiger partial charge < -0.3 is 5.32 Å². The molecule has 2 rings (SSSR count). The molecule has 0 unspecified atom stereocenters. The lowest BCUT2D eigenvalue weighted by Gasteiger charge is -2.09. The van der Waals surface area contributed by atoms with Crippen molar-refractivity contribution in [2.45, 2.75) is 16.2 Å². The van der Waals surface area contributed by atoms with Gasteiger partial charge in [0.05, 0.1) is 16.1 Å². The predicted molar refractivity (Wildman–Crippen MR) is 92.8 cm³/mol. The largest absolute Gasteiger partial charge is 0.384 e. The van der Waals surface area contributed by atoms with Crippen LogP contribution in [0, 0.1) is 11.3 Å². The van der Waals surface area contributed by atoms with Crippen LogP contribution in [0.4, 0.5) is 5.69 Å². The highest BCUT2D eigenvalue weighted by atomic mass is 32.2. The number of sulfonamides is 1. The predicted octanol–water partition coefficient (Wildman–Crippen LogP) is 2.80. The van der Waals surface area contributed by atoms with Gasteiger partial charge in [-0.15, -0.1) is 11.8 Å². The minimum absolute atomic E-state index is 0.0563. The molecule has 0 aliphatic heterocycles. The number of hydrogen-bond acceptors (Lipinski definition) is 5. The number of benzene rings is 2. The molecule has 0 spiro atoms. The lowest BCUT2D eigenvalue weighted by Crippen LogP contribution is -2.13. The minimum atomic E-state index is -3.79. The van der Waals surface area contributed by atoms with E-state index in [-0.39, 0.29) is 10.5 Å². The Kier molecular flexibility index (Phi) is 6.04. The molecule has 0 aromatic heterocycles. The first-order valence-corrected chi connectivity index (χ1v) is 9.52. The van der Waals surface area contributed by atoms with Gasteiger partial charge >= 0.3 is 0 Å². The molecule has 0 amide bonds. The Labute approximate surface area is 140 Å². The van der Waals surface area contributed by atoms with Gasteiger partial charge in [-0.25, -0.2) is 13.6 Å². The number of nitrogens with zero attached hydrogens (tertiary/aromatic N) is 1. The van der Waals surface area contributed by atoms with Crippen LogP contribution in [0.2, 0.25) is 0 Å². The summed E-state index contributed by atoms with van der Waals surface area (Å²) in [6.07, 6.45) is 0.918. The van der Waals surface area contributed by atoms with Crippen LogP contribution in [0.15, 0.2) is 58.3 Å². The van der Waals surface area contributed by atoms with Gasteiger partial charge in [-0.2, -0.15) is 5.26 Å². The van der Waals surface area contributed by atoms with Crippen molar-refractivity contribution in [3.05, 3.63) is 54.1 Å². The third-order valence-electron chi connectivity index (χ3n) is 3.09. The highest BCUT2D eigenvalue weighted by molar-refractivity contribution is 7.99. The fraction of sp³-hybridized carbons (Fsp3) is 0.188. The monoisotopic (exact) mass is 347 g/mol. The minimum Gasteiger partial charge on any atom is -0.384 e. The molecule has 2 aromatic rings. The van der Waals surface area contributed by atoms with E-state index in [1.807, 2.05) is 24.3 Å². The van der Waals surface area contributed by atoms with Gasteiger partial charge in [-0.05, 0) is 42.5 Å². The smallest absolute Gasteiger partial charge is 0.238 e. The number of thioether (sulfide) groups is 1. The summed E-state index contributed by atoms with van der Waals surface area (Å²) in [4.78, 5) is 1.17. The maximum atomic E-state index is 11.3. The Hall–Kier alpha value is -2.01. The highest BCUT2D eigenvalue weighted by Crippen LogP contribution is 2.20. The quantitative estimate of drug-likeness (QED) is 0.593. The summed E-state index contributed by atoms with van der Waals surface area (Å²) in [6, 6.07) is 16.4. The van der Waals surface area contributed by atoms with Crippen molar-refractivity contribution in [2.75, 3.05) is 17.6 Å². The van der Waals surface area contributed by atoms with Crippen molar-refractivity contribution < 1.29 is 8.42 Å². The second kappa shape index (κ2) is 8.02. The van der Waals surface area contributed by atoms with Gasteiger partial charge in [0, 0.05) is 11.4 Å². The molecule has 2 aromatic carbocycles. The number of nitriles is 1. The molecule has 120 valence electrons. The SMILES string of the molecule is N#Cc1cc(S(N)(=O)=O)ccc1NCCCSc1ccccc1. The summed E-state index contributed by atoms with van der Waals surface area (Å²) in [5.74, 6) is 0.953.